The molecule has 5 atom stereocenters. The van der Waals surface area contributed by atoms with Crippen molar-refractivity contribution in [3.05, 3.63) is 35.9 Å². The summed E-state index contributed by atoms with van der Waals surface area (Å²) >= 11 is 1.31. The third kappa shape index (κ3) is 4.49. The number of carboxylic acid groups (broad SMARTS) is 1. The van der Waals surface area contributed by atoms with Gasteiger partial charge in [0.25, 0.3) is 0 Å². The number of hydrogen-bond donors (Lipinski definition) is 4. The number of thioether (sulfide) groups is 1. The van der Waals surface area contributed by atoms with Crippen molar-refractivity contribution in [1.29, 1.82) is 0 Å². The average Bonchev–Trinajstić information content (AvgIpc) is 3.02. The van der Waals surface area contributed by atoms with Gasteiger partial charge < -0.3 is 31.2 Å². The van der Waals surface area contributed by atoms with Crippen molar-refractivity contribution >= 4 is 41.7 Å². The van der Waals surface area contributed by atoms with E-state index in [1.807, 2.05) is 0 Å². The number of benzene rings is 1. The molecular formula is C21H26N4O6S. The summed E-state index contributed by atoms with van der Waals surface area (Å²) in [5, 5.41) is 14.3. The van der Waals surface area contributed by atoms with Crippen LogP contribution in [0.2, 0.25) is 0 Å². The highest BCUT2D eigenvalue weighted by atomic mass is 32.2. The number of amides is 3. The third-order valence-corrected chi connectivity index (χ3v) is 7.16. The van der Waals surface area contributed by atoms with Gasteiger partial charge in [-0.25, -0.2) is 4.79 Å². The number of nitrogens with zero attached hydrogens (tertiary/aromatic N) is 1. The first-order chi connectivity index (χ1) is 15.1. The number of nitrogens with one attached hydrogen (secondary N) is 2. The predicted molar refractivity (Wildman–Crippen MR) is 116 cm³/mol. The van der Waals surface area contributed by atoms with Gasteiger partial charge in [0.2, 0.25) is 17.7 Å². The quantitative estimate of drug-likeness (QED) is 0.290. The number of fused-ring (bicyclic) bond motifs is 1. The van der Waals surface area contributed by atoms with Crippen LogP contribution < -0.4 is 16.4 Å². The van der Waals surface area contributed by atoms with E-state index in [1.165, 1.54) is 16.7 Å². The standard InChI is InChI=1S/C21H26N4O6S/c1-21(2)15(20(30)31)25-18(29)14(19(25)32-21)24-17(28)13(11-7-4-3-5-8-11)23-16(27)12(22)9-6-10-26/h3-5,7-8,10,12-15,19H,6,9,22H2,1-2H3,(H,23,27)(H,24,28)(H,30,31)/t12?,13?,14-,15+,19-/m1/s1. The molecule has 2 aliphatic heterocycles. The maximum absolute atomic E-state index is 13.1. The second kappa shape index (κ2) is 9.29. The second-order valence-corrected chi connectivity index (χ2v) is 10.1. The summed E-state index contributed by atoms with van der Waals surface area (Å²) in [6, 6.07) is 4.52. The number of carbonyl (C=O) groups is 5. The van der Waals surface area contributed by atoms with Crippen molar-refractivity contribution in [2.75, 3.05) is 0 Å². The number of aliphatic carboxylic acids is 1. The second-order valence-electron chi connectivity index (χ2n) is 8.29. The van der Waals surface area contributed by atoms with Crippen molar-refractivity contribution in [2.24, 2.45) is 5.73 Å². The normalized spacial score (nSPS) is 25.2. The van der Waals surface area contributed by atoms with Crippen LogP contribution >= 0.6 is 11.8 Å². The van der Waals surface area contributed by atoms with Gasteiger partial charge >= 0.3 is 5.97 Å². The molecule has 3 rings (SSSR count). The Bertz CT molecular complexity index is 924. The van der Waals surface area contributed by atoms with Crippen LogP contribution in [0, 0.1) is 0 Å². The minimum absolute atomic E-state index is 0.114. The van der Waals surface area contributed by atoms with Crippen molar-refractivity contribution in [2.45, 2.75) is 61.0 Å². The summed E-state index contributed by atoms with van der Waals surface area (Å²) in [5.41, 5.74) is 6.30. The summed E-state index contributed by atoms with van der Waals surface area (Å²) in [5.74, 6) is -2.78. The van der Waals surface area contributed by atoms with Gasteiger partial charge in [-0.1, -0.05) is 30.3 Å². The van der Waals surface area contributed by atoms with Gasteiger partial charge in [0.15, 0.2) is 0 Å². The van der Waals surface area contributed by atoms with Crippen molar-refractivity contribution < 1.29 is 29.1 Å². The van der Waals surface area contributed by atoms with Crippen molar-refractivity contribution in [1.82, 2.24) is 15.5 Å². The van der Waals surface area contributed by atoms with E-state index in [0.717, 1.165) is 0 Å². The molecule has 2 fully saturated rings. The van der Waals surface area contributed by atoms with E-state index >= 15 is 0 Å². The van der Waals surface area contributed by atoms with Crippen LogP contribution in [0.4, 0.5) is 0 Å². The van der Waals surface area contributed by atoms with Gasteiger partial charge in [0.1, 0.15) is 29.8 Å². The molecule has 1 aromatic carbocycles. The molecule has 5 N–H and O–H groups in total. The molecule has 0 spiro atoms. The van der Waals surface area contributed by atoms with Crippen molar-refractivity contribution in [3.63, 3.8) is 0 Å². The fourth-order valence-electron chi connectivity index (χ4n) is 3.96. The summed E-state index contributed by atoms with van der Waals surface area (Å²) in [4.78, 5) is 61.8. The van der Waals surface area contributed by atoms with E-state index < -0.39 is 58.0 Å². The number of β-lactam (4-membered cyclic amide) rings is 1. The molecular weight excluding hydrogens is 436 g/mol. The first-order valence-corrected chi connectivity index (χ1v) is 11.0. The molecule has 32 heavy (non-hydrogen) atoms. The zero-order valence-electron chi connectivity index (χ0n) is 17.7. The molecule has 2 aliphatic rings. The lowest BCUT2D eigenvalue weighted by Crippen LogP contribution is -2.71. The van der Waals surface area contributed by atoms with Gasteiger partial charge in [-0.05, 0) is 25.8 Å². The zero-order chi connectivity index (χ0) is 23.6. The zero-order valence-corrected chi connectivity index (χ0v) is 18.5. The van der Waals surface area contributed by atoms with Crippen LogP contribution in [0.5, 0.6) is 0 Å². The smallest absolute Gasteiger partial charge is 0.327 e. The summed E-state index contributed by atoms with van der Waals surface area (Å²) < 4.78 is -0.718. The minimum atomic E-state index is -1.11. The molecule has 172 valence electrons. The highest BCUT2D eigenvalue weighted by molar-refractivity contribution is 8.01. The molecule has 11 heteroatoms. The van der Waals surface area contributed by atoms with Gasteiger partial charge in [-0.2, -0.15) is 0 Å². The Balaban J connectivity index is 1.75. The van der Waals surface area contributed by atoms with Gasteiger partial charge in [0, 0.05) is 11.2 Å². The first-order valence-electron chi connectivity index (χ1n) is 10.2. The third-order valence-electron chi connectivity index (χ3n) is 5.59. The Morgan fingerprint density at radius 2 is 1.91 bits per heavy atom. The minimum Gasteiger partial charge on any atom is -0.480 e. The van der Waals surface area contributed by atoms with Crippen LogP contribution in [-0.2, 0) is 24.0 Å². The van der Waals surface area contributed by atoms with E-state index in [9.17, 15) is 29.1 Å². The maximum Gasteiger partial charge on any atom is 0.327 e. The predicted octanol–water partition coefficient (Wildman–Crippen LogP) is -0.218. The van der Waals surface area contributed by atoms with E-state index in [1.54, 1.807) is 44.2 Å². The van der Waals surface area contributed by atoms with Crippen molar-refractivity contribution in [3.8, 4) is 0 Å². The molecule has 0 aromatic heterocycles. The van der Waals surface area contributed by atoms with Gasteiger partial charge in [-0.3, -0.25) is 14.4 Å². The average molecular weight is 463 g/mol. The van der Waals surface area contributed by atoms with Crippen LogP contribution in [0.25, 0.3) is 0 Å². The fraction of sp³-hybridized carbons (Fsp3) is 0.476. The number of carbonyl (C=O) groups excluding carboxylic acids is 4. The molecule has 0 saturated carbocycles. The molecule has 1 aromatic rings. The Labute approximate surface area is 189 Å². The van der Waals surface area contributed by atoms with E-state index in [4.69, 9.17) is 5.73 Å². The summed E-state index contributed by atoms with van der Waals surface area (Å²) in [6.45, 7) is 3.49. The van der Waals surface area contributed by atoms with E-state index in [-0.39, 0.29) is 12.8 Å². The first kappa shape index (κ1) is 23.7. The Morgan fingerprint density at radius 3 is 2.50 bits per heavy atom. The Hall–Kier alpha value is -2.92. The van der Waals surface area contributed by atoms with Gasteiger partial charge in [-0.15, -0.1) is 11.8 Å². The molecule has 0 aliphatic carbocycles. The summed E-state index contributed by atoms with van der Waals surface area (Å²) in [7, 11) is 0. The summed E-state index contributed by atoms with van der Waals surface area (Å²) in [6.07, 6.45) is 0.912. The maximum atomic E-state index is 13.1. The topological polar surface area (TPSA) is 159 Å². The largest absolute Gasteiger partial charge is 0.480 e. The molecule has 2 saturated heterocycles. The number of nitrogens with two attached hydrogens (primary N) is 1. The lowest BCUT2D eigenvalue weighted by molar-refractivity contribution is -0.161. The van der Waals surface area contributed by atoms with Crippen LogP contribution in [0.15, 0.2) is 30.3 Å². The molecule has 0 bridgehead atoms. The lowest BCUT2D eigenvalue weighted by Gasteiger charge is -2.44. The van der Waals surface area contributed by atoms with Crippen LogP contribution in [-0.4, -0.2) is 68.2 Å². The fourth-order valence-corrected chi connectivity index (χ4v) is 5.58. The highest BCUT2D eigenvalue weighted by Gasteiger charge is 2.64. The SMILES string of the molecule is CC1(C)S[C@@H]2[C@H](NC(=O)C(NC(=O)C(N)CCC=O)c3ccccc3)C(=O)N2[C@H]1C(=O)O. The van der Waals surface area contributed by atoms with Gasteiger partial charge in [0.05, 0.1) is 6.04 Å². The molecule has 10 nitrogen and oxygen atoms in total. The molecule has 2 heterocycles. The molecule has 0 radical (unpaired) electrons. The van der Waals surface area contributed by atoms with E-state index in [2.05, 4.69) is 10.6 Å². The number of hydrogen-bond acceptors (Lipinski definition) is 7. The number of rotatable bonds is 9. The number of aldehydes is 1. The molecule has 2 unspecified atom stereocenters. The Morgan fingerprint density at radius 1 is 1.25 bits per heavy atom. The van der Waals surface area contributed by atoms with E-state index in [0.29, 0.717) is 11.8 Å². The van der Waals surface area contributed by atoms with Crippen LogP contribution in [0.1, 0.15) is 38.3 Å². The molecule has 3 amide bonds. The van der Waals surface area contributed by atoms with Crippen LogP contribution in [0.3, 0.4) is 0 Å². The number of carboxylic acids is 1. The lowest BCUT2D eigenvalue weighted by atomic mass is 9.95. The Kier molecular flexibility index (Phi) is 6.89. The monoisotopic (exact) mass is 462 g/mol. The highest BCUT2D eigenvalue weighted by Crippen LogP contribution is 2.50.